The van der Waals surface area contributed by atoms with Gasteiger partial charge in [0.15, 0.2) is 10.9 Å². The van der Waals surface area contributed by atoms with Crippen LogP contribution >= 0.6 is 11.8 Å². The molecule has 0 radical (unpaired) electrons. The van der Waals surface area contributed by atoms with Gasteiger partial charge in [-0.3, -0.25) is 14.7 Å². The van der Waals surface area contributed by atoms with Crippen LogP contribution in [0.4, 0.5) is 4.79 Å². The van der Waals surface area contributed by atoms with E-state index in [2.05, 4.69) is 27.4 Å². The van der Waals surface area contributed by atoms with Crippen molar-refractivity contribution in [1.82, 2.24) is 25.4 Å². The summed E-state index contributed by atoms with van der Waals surface area (Å²) in [5, 5.41) is 13.3. The van der Waals surface area contributed by atoms with E-state index >= 15 is 0 Å². The molecule has 2 rings (SSSR count). The van der Waals surface area contributed by atoms with Gasteiger partial charge in [0, 0.05) is 12.1 Å². The molecule has 2 aromatic heterocycles. The lowest BCUT2D eigenvalue weighted by molar-refractivity contribution is -0.119. The lowest BCUT2D eigenvalue weighted by Gasteiger charge is -2.21. The van der Waals surface area contributed by atoms with Gasteiger partial charge in [-0.15, -0.1) is 16.8 Å². The number of rotatable bonds is 6. The maximum absolute atomic E-state index is 12.3. The molecule has 0 aromatic carbocycles. The Hall–Kier alpha value is -2.55. The molecule has 0 fully saturated rings. The lowest BCUT2D eigenvalue weighted by Crippen LogP contribution is -2.49. The van der Waals surface area contributed by atoms with Gasteiger partial charge in [0.1, 0.15) is 0 Å². The number of carbonyl (C=O) groups is 2. The minimum Gasteiger partial charge on any atom is -0.461 e. The zero-order valence-electron chi connectivity index (χ0n) is 15.3. The second-order valence-corrected chi connectivity index (χ2v) is 7.94. The number of hydrogen-bond donors (Lipinski definition) is 2. The molecule has 0 saturated carbocycles. The number of thioether (sulfide) groups is 1. The Balaban J connectivity index is 2.09. The summed E-state index contributed by atoms with van der Waals surface area (Å²) in [7, 11) is 0. The first kappa shape index (κ1) is 19.8. The second kappa shape index (κ2) is 8.22. The van der Waals surface area contributed by atoms with Crippen molar-refractivity contribution in [3.8, 4) is 11.6 Å². The molecule has 26 heavy (non-hydrogen) atoms. The summed E-state index contributed by atoms with van der Waals surface area (Å²) < 4.78 is 7.17. The predicted octanol–water partition coefficient (Wildman–Crippen LogP) is 2.83. The SMILES string of the molecule is C=CCn1c(SC(C)C(=O)NC(=O)NC(C)(C)C)nnc1-c1ccco1. The Morgan fingerprint density at radius 2 is 2.15 bits per heavy atom. The molecule has 2 N–H and O–H groups in total. The number of imide groups is 1. The van der Waals surface area contributed by atoms with Crippen LogP contribution in [0, 0.1) is 0 Å². The van der Waals surface area contributed by atoms with Crippen LogP contribution < -0.4 is 10.6 Å². The highest BCUT2D eigenvalue weighted by Crippen LogP contribution is 2.27. The fraction of sp³-hybridized carbons (Fsp3) is 0.412. The van der Waals surface area contributed by atoms with E-state index in [0.29, 0.717) is 23.3 Å². The first-order chi connectivity index (χ1) is 12.2. The molecule has 1 atom stereocenters. The number of nitrogens with one attached hydrogen (secondary N) is 2. The highest BCUT2D eigenvalue weighted by molar-refractivity contribution is 8.00. The number of urea groups is 1. The normalized spacial score (nSPS) is 12.5. The molecule has 8 nitrogen and oxygen atoms in total. The van der Waals surface area contributed by atoms with E-state index in [1.54, 1.807) is 36.0 Å². The van der Waals surface area contributed by atoms with Gasteiger partial charge >= 0.3 is 6.03 Å². The van der Waals surface area contributed by atoms with Crippen molar-refractivity contribution in [2.45, 2.75) is 50.2 Å². The van der Waals surface area contributed by atoms with E-state index < -0.39 is 22.7 Å². The van der Waals surface area contributed by atoms with E-state index in [9.17, 15) is 9.59 Å². The van der Waals surface area contributed by atoms with Crippen molar-refractivity contribution >= 4 is 23.7 Å². The maximum atomic E-state index is 12.3. The maximum Gasteiger partial charge on any atom is 0.321 e. The molecule has 3 amide bonds. The Morgan fingerprint density at radius 1 is 1.42 bits per heavy atom. The van der Waals surface area contributed by atoms with E-state index in [-0.39, 0.29) is 0 Å². The van der Waals surface area contributed by atoms with Crippen molar-refractivity contribution < 1.29 is 14.0 Å². The summed E-state index contributed by atoms with van der Waals surface area (Å²) in [4.78, 5) is 24.1. The number of amides is 3. The Morgan fingerprint density at radius 3 is 2.73 bits per heavy atom. The van der Waals surface area contributed by atoms with Gasteiger partial charge in [-0.1, -0.05) is 17.8 Å². The first-order valence-corrected chi connectivity index (χ1v) is 8.97. The third-order valence-corrected chi connectivity index (χ3v) is 4.23. The Labute approximate surface area is 156 Å². The molecule has 0 spiro atoms. The average molecular weight is 377 g/mol. The first-order valence-electron chi connectivity index (χ1n) is 8.09. The van der Waals surface area contributed by atoms with Crippen LogP contribution in [-0.4, -0.2) is 37.5 Å². The van der Waals surface area contributed by atoms with Crippen LogP contribution in [0.3, 0.4) is 0 Å². The van der Waals surface area contributed by atoms with E-state index in [0.717, 1.165) is 0 Å². The molecule has 0 saturated heterocycles. The summed E-state index contributed by atoms with van der Waals surface area (Å²) in [5.74, 6) is 0.716. The molecule has 0 aliphatic carbocycles. The molecular weight excluding hydrogens is 354 g/mol. The van der Waals surface area contributed by atoms with Gasteiger partial charge in [0.2, 0.25) is 11.7 Å². The fourth-order valence-corrected chi connectivity index (χ4v) is 2.91. The van der Waals surface area contributed by atoms with Crippen molar-refractivity contribution in [3.05, 3.63) is 31.1 Å². The fourth-order valence-electron chi connectivity index (χ4n) is 2.05. The molecule has 0 aliphatic rings. The van der Waals surface area contributed by atoms with Crippen LogP contribution in [0.15, 0.2) is 40.6 Å². The Bertz CT molecular complexity index is 777. The van der Waals surface area contributed by atoms with Crippen molar-refractivity contribution in [2.75, 3.05) is 0 Å². The van der Waals surface area contributed by atoms with Gasteiger partial charge in [-0.25, -0.2) is 4.79 Å². The zero-order valence-corrected chi connectivity index (χ0v) is 16.1. The standard InChI is InChI=1S/C17H23N5O3S/c1-6-9-22-13(12-8-7-10-25-12)20-21-16(22)26-11(2)14(23)18-15(24)19-17(3,4)5/h6-8,10-11H,1,9H2,2-5H3,(H2,18,19,23,24). The minimum atomic E-state index is -0.544. The van der Waals surface area contributed by atoms with E-state index in [1.807, 2.05) is 20.8 Å². The summed E-state index contributed by atoms with van der Waals surface area (Å²) >= 11 is 1.20. The minimum absolute atomic E-state index is 0.413. The topological polar surface area (TPSA) is 102 Å². The highest BCUT2D eigenvalue weighted by atomic mass is 32.2. The molecular formula is C17H23N5O3S. The Kier molecular flexibility index (Phi) is 6.25. The third kappa shape index (κ3) is 5.22. The summed E-state index contributed by atoms with van der Waals surface area (Å²) in [6.07, 6.45) is 3.26. The molecule has 140 valence electrons. The summed E-state index contributed by atoms with van der Waals surface area (Å²) in [6, 6.07) is 3.02. The quantitative estimate of drug-likeness (QED) is 0.593. The number of furan rings is 1. The van der Waals surface area contributed by atoms with E-state index in [1.165, 1.54) is 11.8 Å². The summed E-state index contributed by atoms with van der Waals surface area (Å²) in [5.41, 5.74) is -0.428. The molecule has 2 aromatic rings. The monoisotopic (exact) mass is 377 g/mol. The van der Waals surface area contributed by atoms with Crippen LogP contribution in [0.2, 0.25) is 0 Å². The van der Waals surface area contributed by atoms with Crippen LogP contribution in [-0.2, 0) is 11.3 Å². The van der Waals surface area contributed by atoms with Crippen molar-refractivity contribution in [2.24, 2.45) is 0 Å². The second-order valence-electron chi connectivity index (χ2n) is 6.64. The van der Waals surface area contributed by atoms with Crippen LogP contribution in [0.1, 0.15) is 27.7 Å². The largest absolute Gasteiger partial charge is 0.461 e. The van der Waals surface area contributed by atoms with Gasteiger partial charge in [-0.2, -0.15) is 0 Å². The molecule has 2 heterocycles. The summed E-state index contributed by atoms with van der Waals surface area (Å²) in [6.45, 7) is 11.4. The van der Waals surface area contributed by atoms with Gasteiger partial charge < -0.3 is 9.73 Å². The van der Waals surface area contributed by atoms with Gasteiger partial charge in [0.05, 0.1) is 11.5 Å². The lowest BCUT2D eigenvalue weighted by atomic mass is 10.1. The number of carbonyl (C=O) groups excluding carboxylic acids is 2. The number of aromatic nitrogens is 3. The van der Waals surface area contributed by atoms with Crippen molar-refractivity contribution in [3.63, 3.8) is 0 Å². The molecule has 1 unspecified atom stereocenters. The number of nitrogens with zero attached hydrogens (tertiary/aromatic N) is 3. The zero-order chi connectivity index (χ0) is 19.3. The highest BCUT2D eigenvalue weighted by Gasteiger charge is 2.23. The average Bonchev–Trinajstić information content (AvgIpc) is 3.16. The smallest absolute Gasteiger partial charge is 0.321 e. The molecule has 0 aliphatic heterocycles. The number of allylic oxidation sites excluding steroid dienone is 1. The number of hydrogen-bond acceptors (Lipinski definition) is 6. The predicted molar refractivity (Wildman–Crippen MR) is 99.7 cm³/mol. The van der Waals surface area contributed by atoms with Crippen LogP contribution in [0.5, 0.6) is 0 Å². The van der Waals surface area contributed by atoms with Crippen molar-refractivity contribution in [1.29, 1.82) is 0 Å². The molecule has 9 heteroatoms. The third-order valence-electron chi connectivity index (χ3n) is 3.15. The molecule has 0 bridgehead atoms. The van der Waals surface area contributed by atoms with Crippen LogP contribution in [0.25, 0.3) is 11.6 Å². The van der Waals surface area contributed by atoms with E-state index in [4.69, 9.17) is 4.42 Å². The van der Waals surface area contributed by atoms with Gasteiger partial charge in [-0.05, 0) is 39.8 Å². The van der Waals surface area contributed by atoms with Gasteiger partial charge in [0.25, 0.3) is 0 Å².